The van der Waals surface area contributed by atoms with E-state index < -0.39 is 0 Å². The average molecular weight is 378 g/mol. The highest BCUT2D eigenvalue weighted by molar-refractivity contribution is 7.11. The first kappa shape index (κ1) is 19.1. The number of ether oxygens (including phenoxy) is 2. The Bertz CT molecular complexity index is 651. The van der Waals surface area contributed by atoms with E-state index in [4.69, 9.17) is 9.47 Å². The minimum absolute atomic E-state index is 0.186. The van der Waals surface area contributed by atoms with Gasteiger partial charge in [0.25, 0.3) is 11.8 Å². The van der Waals surface area contributed by atoms with E-state index in [2.05, 4.69) is 6.92 Å². The third kappa shape index (κ3) is 4.16. The van der Waals surface area contributed by atoms with Gasteiger partial charge in [-0.15, -0.1) is 11.3 Å². The minimum Gasteiger partial charge on any atom is -0.381 e. The molecule has 0 saturated carbocycles. The van der Waals surface area contributed by atoms with Crippen molar-refractivity contribution in [3.05, 3.63) is 28.1 Å². The monoisotopic (exact) mass is 378 g/mol. The van der Waals surface area contributed by atoms with Crippen LogP contribution in [0, 0.1) is 0 Å². The van der Waals surface area contributed by atoms with E-state index in [0.717, 1.165) is 24.3 Å². The molecule has 1 fully saturated rings. The Labute approximate surface area is 158 Å². The summed E-state index contributed by atoms with van der Waals surface area (Å²) in [6.45, 7) is 6.24. The maximum atomic E-state index is 13.0. The first-order valence-electron chi connectivity index (χ1n) is 9.28. The lowest BCUT2D eigenvalue weighted by Gasteiger charge is -2.29. The number of hydrogen-bond acceptors (Lipinski definition) is 6. The number of rotatable bonds is 9. The fourth-order valence-corrected chi connectivity index (χ4v) is 3.93. The number of carbonyl (C=O) groups is 2. The molecule has 1 saturated heterocycles. The van der Waals surface area contributed by atoms with Crippen molar-refractivity contribution in [3.8, 4) is 0 Å². The van der Waals surface area contributed by atoms with Gasteiger partial charge in [-0.05, 0) is 24.3 Å². The van der Waals surface area contributed by atoms with Crippen molar-refractivity contribution in [2.45, 2.75) is 26.2 Å². The molecule has 0 N–H and O–H groups in total. The van der Waals surface area contributed by atoms with Crippen LogP contribution in [0.2, 0.25) is 0 Å². The predicted octanol–water partition coefficient (Wildman–Crippen LogP) is 2.37. The average Bonchev–Trinajstić information content (AvgIpc) is 3.26. The molecule has 2 amide bonds. The van der Waals surface area contributed by atoms with Gasteiger partial charge in [0.05, 0.1) is 18.8 Å². The fraction of sp³-hybridized carbons (Fsp3) is 0.579. The van der Waals surface area contributed by atoms with Crippen LogP contribution in [0.3, 0.4) is 0 Å². The van der Waals surface area contributed by atoms with Gasteiger partial charge in [-0.2, -0.15) is 0 Å². The number of carbonyl (C=O) groups excluding carboxylic acids is 2. The summed E-state index contributed by atoms with van der Waals surface area (Å²) in [5.41, 5.74) is 1.08. The summed E-state index contributed by atoms with van der Waals surface area (Å²) in [7, 11) is 0. The molecule has 0 aromatic carbocycles. The number of unbranched alkanes of at least 4 members (excludes halogenated alkanes) is 1. The fourth-order valence-electron chi connectivity index (χ4n) is 3.16. The van der Waals surface area contributed by atoms with Crippen LogP contribution in [-0.4, -0.2) is 67.7 Å². The van der Waals surface area contributed by atoms with Crippen molar-refractivity contribution in [3.63, 3.8) is 0 Å². The lowest BCUT2D eigenvalue weighted by atomic mass is 10.1. The van der Waals surface area contributed by atoms with Crippen LogP contribution in [0.5, 0.6) is 0 Å². The van der Waals surface area contributed by atoms with Crippen LogP contribution < -0.4 is 0 Å². The largest absolute Gasteiger partial charge is 0.381 e. The van der Waals surface area contributed by atoms with Crippen LogP contribution in [-0.2, 0) is 19.1 Å². The molecular weight excluding hydrogens is 352 g/mol. The smallest absolute Gasteiger partial charge is 0.277 e. The van der Waals surface area contributed by atoms with Crippen molar-refractivity contribution in [2.75, 3.05) is 46.1 Å². The predicted molar refractivity (Wildman–Crippen MR) is 101 cm³/mol. The van der Waals surface area contributed by atoms with Crippen LogP contribution in [0.25, 0.3) is 5.57 Å². The highest BCUT2D eigenvalue weighted by atomic mass is 32.1. The zero-order valence-electron chi connectivity index (χ0n) is 15.2. The molecule has 7 heteroatoms. The molecule has 0 spiro atoms. The van der Waals surface area contributed by atoms with Crippen molar-refractivity contribution in [1.82, 2.24) is 9.80 Å². The van der Waals surface area contributed by atoms with Gasteiger partial charge in [0.15, 0.2) is 0 Å². The molecule has 1 aromatic rings. The van der Waals surface area contributed by atoms with Gasteiger partial charge in [0.1, 0.15) is 5.70 Å². The van der Waals surface area contributed by atoms with Crippen molar-refractivity contribution in [2.24, 2.45) is 0 Å². The Morgan fingerprint density at radius 1 is 1.15 bits per heavy atom. The molecule has 6 nitrogen and oxygen atoms in total. The highest BCUT2D eigenvalue weighted by Gasteiger charge is 2.41. The van der Waals surface area contributed by atoms with Gasteiger partial charge < -0.3 is 14.4 Å². The third-order valence-electron chi connectivity index (χ3n) is 4.55. The van der Waals surface area contributed by atoms with E-state index in [9.17, 15) is 9.59 Å². The van der Waals surface area contributed by atoms with Gasteiger partial charge in [-0.25, -0.2) is 0 Å². The van der Waals surface area contributed by atoms with E-state index >= 15 is 0 Å². The first-order chi connectivity index (χ1) is 12.7. The van der Waals surface area contributed by atoms with Gasteiger partial charge in [0.2, 0.25) is 0 Å². The van der Waals surface area contributed by atoms with Gasteiger partial charge in [-0.1, -0.05) is 19.4 Å². The standard InChI is InChI=1S/C19H26N2O4S/c1-2-3-10-24-11-5-7-21-18(22)16(15-6-4-14-26-15)17(19(21)23)20-8-12-25-13-9-20/h4,6,14H,2-3,5,7-13H2,1H3. The second kappa shape index (κ2) is 9.30. The topological polar surface area (TPSA) is 59.1 Å². The maximum absolute atomic E-state index is 13.0. The van der Waals surface area contributed by atoms with Crippen molar-refractivity contribution in [1.29, 1.82) is 0 Å². The zero-order chi connectivity index (χ0) is 18.4. The second-order valence-corrected chi connectivity index (χ2v) is 7.33. The molecule has 2 aliphatic heterocycles. The van der Waals surface area contributed by atoms with Crippen molar-refractivity contribution >= 4 is 28.7 Å². The Morgan fingerprint density at radius 3 is 2.62 bits per heavy atom. The normalized spacial score (nSPS) is 18.3. The molecule has 26 heavy (non-hydrogen) atoms. The number of amides is 2. The molecule has 0 bridgehead atoms. The Morgan fingerprint density at radius 2 is 1.92 bits per heavy atom. The number of nitrogens with zero attached hydrogens (tertiary/aromatic N) is 2. The summed E-state index contributed by atoms with van der Waals surface area (Å²) >= 11 is 1.49. The third-order valence-corrected chi connectivity index (χ3v) is 5.44. The lowest BCUT2D eigenvalue weighted by molar-refractivity contribution is -0.138. The molecule has 0 radical (unpaired) electrons. The van der Waals surface area contributed by atoms with E-state index in [1.54, 1.807) is 0 Å². The summed E-state index contributed by atoms with van der Waals surface area (Å²) in [6, 6.07) is 3.81. The molecule has 0 unspecified atom stereocenters. The van der Waals surface area contributed by atoms with Crippen LogP contribution >= 0.6 is 11.3 Å². The maximum Gasteiger partial charge on any atom is 0.277 e. The number of hydrogen-bond donors (Lipinski definition) is 0. The number of imide groups is 1. The second-order valence-electron chi connectivity index (χ2n) is 6.38. The molecule has 0 atom stereocenters. The zero-order valence-corrected chi connectivity index (χ0v) is 16.1. The molecular formula is C19H26N2O4S. The first-order valence-corrected chi connectivity index (χ1v) is 10.2. The summed E-state index contributed by atoms with van der Waals surface area (Å²) in [5, 5.41) is 1.93. The van der Waals surface area contributed by atoms with Gasteiger partial charge in [-0.3, -0.25) is 14.5 Å². The summed E-state index contributed by atoms with van der Waals surface area (Å²) in [6.07, 6.45) is 2.79. The molecule has 142 valence electrons. The SMILES string of the molecule is CCCCOCCCN1C(=O)C(c2cccs2)=C(N2CCOCC2)C1=O. The molecule has 1 aromatic heterocycles. The summed E-state index contributed by atoms with van der Waals surface area (Å²) in [5.74, 6) is -0.374. The van der Waals surface area contributed by atoms with E-state index in [-0.39, 0.29) is 11.8 Å². The summed E-state index contributed by atoms with van der Waals surface area (Å²) < 4.78 is 11.0. The van der Waals surface area contributed by atoms with Gasteiger partial charge in [0, 0.05) is 37.7 Å². The molecule has 3 rings (SSSR count). The van der Waals surface area contributed by atoms with Crippen LogP contribution in [0.1, 0.15) is 31.1 Å². The highest BCUT2D eigenvalue weighted by Crippen LogP contribution is 2.34. The Hall–Kier alpha value is -1.70. The Kier molecular flexibility index (Phi) is 6.82. The van der Waals surface area contributed by atoms with Gasteiger partial charge >= 0.3 is 0 Å². The lowest BCUT2D eigenvalue weighted by Crippen LogP contribution is -2.40. The number of morpholine rings is 1. The number of thiophene rings is 1. The van der Waals surface area contributed by atoms with Crippen LogP contribution in [0.4, 0.5) is 0 Å². The molecule has 0 aliphatic carbocycles. The van der Waals surface area contributed by atoms with Crippen molar-refractivity contribution < 1.29 is 19.1 Å². The van der Waals surface area contributed by atoms with E-state index in [0.29, 0.717) is 57.1 Å². The minimum atomic E-state index is -0.187. The quantitative estimate of drug-likeness (QED) is 0.488. The van der Waals surface area contributed by atoms with Crippen LogP contribution in [0.15, 0.2) is 23.2 Å². The molecule has 2 aliphatic rings. The van der Waals surface area contributed by atoms with E-state index in [1.807, 2.05) is 22.4 Å². The molecule has 3 heterocycles. The van der Waals surface area contributed by atoms with E-state index in [1.165, 1.54) is 16.2 Å². The Balaban J connectivity index is 1.71. The summed E-state index contributed by atoms with van der Waals surface area (Å²) in [4.78, 5) is 30.2.